The fourth-order valence-corrected chi connectivity index (χ4v) is 4.25. The second-order valence-corrected chi connectivity index (χ2v) is 9.73. The van der Waals surface area contributed by atoms with E-state index in [0.717, 1.165) is 16.8 Å². The zero-order valence-corrected chi connectivity index (χ0v) is 21.3. The molecule has 4 rings (SSSR count). The number of pyridine rings is 1. The van der Waals surface area contributed by atoms with Crippen molar-refractivity contribution in [2.45, 2.75) is 46.3 Å². The van der Waals surface area contributed by atoms with E-state index in [1.165, 1.54) is 23.5 Å². The normalized spacial score (nSPS) is 12.2. The highest BCUT2D eigenvalue weighted by atomic mass is 32.1. The minimum atomic E-state index is -0.487. The SMILES string of the molecule is Cc1cc(CNCC(C)O)cnc1-c1csc(NC(=O)c2oc(C(C)C)nc2-c2ccc(F)cc2)n1. The molecule has 0 fully saturated rings. The van der Waals surface area contributed by atoms with Gasteiger partial charge in [-0.25, -0.2) is 14.4 Å². The minimum absolute atomic E-state index is 0.0310. The Morgan fingerprint density at radius 1 is 1.17 bits per heavy atom. The first-order chi connectivity index (χ1) is 17.2. The summed E-state index contributed by atoms with van der Waals surface area (Å²) in [5.41, 5.74) is 4.26. The fraction of sp³-hybridized carbons (Fsp3) is 0.308. The van der Waals surface area contributed by atoms with Gasteiger partial charge in [0.15, 0.2) is 11.0 Å². The summed E-state index contributed by atoms with van der Waals surface area (Å²) >= 11 is 1.28. The van der Waals surface area contributed by atoms with Gasteiger partial charge >= 0.3 is 0 Å². The molecule has 0 saturated heterocycles. The second kappa shape index (κ2) is 11.1. The number of anilines is 1. The quantitative estimate of drug-likeness (QED) is 0.286. The highest BCUT2D eigenvalue weighted by Crippen LogP contribution is 2.30. The number of carbonyl (C=O) groups excluding carboxylic acids is 1. The predicted octanol–water partition coefficient (Wildman–Crippen LogP) is 5.15. The summed E-state index contributed by atoms with van der Waals surface area (Å²) in [6, 6.07) is 7.78. The summed E-state index contributed by atoms with van der Waals surface area (Å²) < 4.78 is 19.2. The van der Waals surface area contributed by atoms with Gasteiger partial charge in [-0.1, -0.05) is 19.9 Å². The maximum absolute atomic E-state index is 13.4. The molecule has 0 aliphatic heterocycles. The van der Waals surface area contributed by atoms with Gasteiger partial charge in [0.1, 0.15) is 17.2 Å². The number of aromatic nitrogens is 3. The maximum Gasteiger partial charge on any atom is 0.295 e. The van der Waals surface area contributed by atoms with Crippen molar-refractivity contribution in [1.82, 2.24) is 20.3 Å². The van der Waals surface area contributed by atoms with Crippen molar-refractivity contribution in [3.05, 3.63) is 70.5 Å². The number of carbonyl (C=O) groups is 1. The van der Waals surface area contributed by atoms with Gasteiger partial charge in [0.05, 0.1) is 11.8 Å². The molecule has 8 nitrogen and oxygen atoms in total. The molecule has 1 amide bonds. The van der Waals surface area contributed by atoms with Crippen LogP contribution >= 0.6 is 11.3 Å². The number of oxazole rings is 1. The first-order valence-electron chi connectivity index (χ1n) is 11.6. The molecule has 3 heterocycles. The third-order valence-electron chi connectivity index (χ3n) is 5.33. The third kappa shape index (κ3) is 6.01. The van der Waals surface area contributed by atoms with Crippen molar-refractivity contribution in [3.63, 3.8) is 0 Å². The number of benzene rings is 1. The Morgan fingerprint density at radius 2 is 1.92 bits per heavy atom. The zero-order valence-electron chi connectivity index (χ0n) is 20.5. The van der Waals surface area contributed by atoms with E-state index in [2.05, 4.69) is 25.6 Å². The molecule has 0 bridgehead atoms. The molecule has 1 unspecified atom stereocenters. The molecule has 0 radical (unpaired) electrons. The van der Waals surface area contributed by atoms with Crippen LogP contribution in [0.1, 0.15) is 54.3 Å². The van der Waals surface area contributed by atoms with Crippen molar-refractivity contribution in [2.24, 2.45) is 0 Å². The molecule has 10 heteroatoms. The monoisotopic (exact) mass is 509 g/mol. The van der Waals surface area contributed by atoms with E-state index in [1.54, 1.807) is 25.3 Å². The lowest BCUT2D eigenvalue weighted by Crippen LogP contribution is -2.23. The lowest BCUT2D eigenvalue weighted by atomic mass is 10.1. The molecule has 0 spiro atoms. The Bertz CT molecular complexity index is 1350. The molecule has 188 valence electrons. The van der Waals surface area contributed by atoms with Crippen LogP contribution in [-0.2, 0) is 6.54 Å². The maximum atomic E-state index is 13.4. The highest BCUT2D eigenvalue weighted by molar-refractivity contribution is 7.14. The van der Waals surface area contributed by atoms with Gasteiger partial charge in [0.2, 0.25) is 5.76 Å². The average Bonchev–Trinajstić information content (AvgIpc) is 3.47. The van der Waals surface area contributed by atoms with E-state index in [4.69, 9.17) is 4.42 Å². The van der Waals surface area contributed by atoms with Crippen LogP contribution in [0.3, 0.4) is 0 Å². The Balaban J connectivity index is 1.52. The van der Waals surface area contributed by atoms with Crippen LogP contribution in [0.25, 0.3) is 22.6 Å². The molecule has 0 aliphatic rings. The summed E-state index contributed by atoms with van der Waals surface area (Å²) in [7, 11) is 0. The number of nitrogens with zero attached hydrogens (tertiary/aromatic N) is 3. The molecule has 3 N–H and O–H groups in total. The number of aryl methyl sites for hydroxylation is 1. The number of aliphatic hydroxyl groups is 1. The Kier molecular flexibility index (Phi) is 7.88. The van der Waals surface area contributed by atoms with Gasteiger partial charge in [-0.2, -0.15) is 0 Å². The standard InChI is InChI=1S/C26H28FN5O3S/c1-14(2)25-31-22(18-5-7-19(27)8-6-18)23(35-25)24(34)32-26-30-20(13-36-26)21-15(3)9-17(12-29-21)11-28-10-16(4)33/h5-9,12-14,16,28,33H,10-11H2,1-4H3,(H,30,32,34). The average molecular weight is 510 g/mol. The molecule has 1 aromatic carbocycles. The van der Waals surface area contributed by atoms with Gasteiger partial charge < -0.3 is 14.8 Å². The van der Waals surface area contributed by atoms with Crippen LogP contribution in [-0.4, -0.2) is 38.6 Å². The highest BCUT2D eigenvalue weighted by Gasteiger charge is 2.24. The van der Waals surface area contributed by atoms with Crippen molar-refractivity contribution in [3.8, 4) is 22.6 Å². The van der Waals surface area contributed by atoms with E-state index in [1.807, 2.05) is 32.2 Å². The molecule has 1 atom stereocenters. The van der Waals surface area contributed by atoms with E-state index < -0.39 is 12.0 Å². The smallest absolute Gasteiger partial charge is 0.295 e. The van der Waals surface area contributed by atoms with Crippen LogP contribution < -0.4 is 10.6 Å². The van der Waals surface area contributed by atoms with Crippen LogP contribution in [0, 0.1) is 12.7 Å². The van der Waals surface area contributed by atoms with E-state index in [0.29, 0.717) is 41.1 Å². The first kappa shape index (κ1) is 25.6. The summed E-state index contributed by atoms with van der Waals surface area (Å²) in [5.74, 6) is -0.427. The molecular weight excluding hydrogens is 481 g/mol. The van der Waals surface area contributed by atoms with Gasteiger partial charge in [0.25, 0.3) is 5.91 Å². The Morgan fingerprint density at radius 3 is 2.58 bits per heavy atom. The van der Waals surface area contributed by atoms with Crippen LogP contribution in [0.5, 0.6) is 0 Å². The zero-order chi connectivity index (χ0) is 25.8. The Hall–Kier alpha value is -3.47. The van der Waals surface area contributed by atoms with E-state index in [-0.39, 0.29) is 17.5 Å². The van der Waals surface area contributed by atoms with Crippen molar-refractivity contribution >= 4 is 22.4 Å². The van der Waals surface area contributed by atoms with Crippen molar-refractivity contribution in [1.29, 1.82) is 0 Å². The number of hydrogen-bond acceptors (Lipinski definition) is 8. The van der Waals surface area contributed by atoms with Crippen molar-refractivity contribution in [2.75, 3.05) is 11.9 Å². The number of thiazole rings is 1. The molecule has 36 heavy (non-hydrogen) atoms. The molecule has 3 aromatic heterocycles. The largest absolute Gasteiger partial charge is 0.435 e. The number of rotatable bonds is 9. The lowest BCUT2D eigenvalue weighted by Gasteiger charge is -2.09. The number of aliphatic hydroxyl groups excluding tert-OH is 1. The van der Waals surface area contributed by atoms with Crippen LogP contribution in [0.15, 0.2) is 46.3 Å². The van der Waals surface area contributed by atoms with Gasteiger partial charge in [-0.3, -0.25) is 15.1 Å². The predicted molar refractivity (Wildman–Crippen MR) is 137 cm³/mol. The van der Waals surface area contributed by atoms with Gasteiger partial charge in [-0.15, -0.1) is 11.3 Å². The van der Waals surface area contributed by atoms with Crippen LogP contribution in [0.2, 0.25) is 0 Å². The molecular formula is C26H28FN5O3S. The van der Waals surface area contributed by atoms with Gasteiger partial charge in [0, 0.05) is 36.1 Å². The second-order valence-electron chi connectivity index (χ2n) is 8.87. The number of hydrogen-bond donors (Lipinski definition) is 3. The van der Waals surface area contributed by atoms with Crippen molar-refractivity contribution < 1.29 is 18.7 Å². The molecule has 0 saturated carbocycles. The third-order valence-corrected chi connectivity index (χ3v) is 6.09. The summed E-state index contributed by atoms with van der Waals surface area (Å²) in [5, 5.41) is 17.6. The van der Waals surface area contributed by atoms with Gasteiger partial charge in [-0.05, 0) is 49.2 Å². The Labute approximate surface area is 212 Å². The van der Waals surface area contributed by atoms with Crippen LogP contribution in [0.4, 0.5) is 9.52 Å². The minimum Gasteiger partial charge on any atom is -0.435 e. The lowest BCUT2D eigenvalue weighted by molar-refractivity contribution is 0.0995. The summed E-state index contributed by atoms with van der Waals surface area (Å²) in [4.78, 5) is 26.7. The summed E-state index contributed by atoms with van der Waals surface area (Å²) in [6.07, 6.45) is 1.36. The molecule has 4 aromatic rings. The molecule has 0 aliphatic carbocycles. The summed E-state index contributed by atoms with van der Waals surface area (Å²) in [6.45, 7) is 8.62. The topological polar surface area (TPSA) is 113 Å². The number of amides is 1. The first-order valence-corrected chi connectivity index (χ1v) is 12.5. The number of halogens is 1. The number of nitrogens with one attached hydrogen (secondary N) is 2. The fourth-order valence-electron chi connectivity index (χ4n) is 3.56. The van der Waals surface area contributed by atoms with E-state index in [9.17, 15) is 14.3 Å². The van der Waals surface area contributed by atoms with E-state index >= 15 is 0 Å².